The Labute approximate surface area is 275 Å². The number of halogens is 3. The number of aryl methyl sites for hydroxylation is 2. The molecule has 0 unspecified atom stereocenters. The average Bonchev–Trinajstić information content (AvgIpc) is 3.63. The highest BCUT2D eigenvalue weighted by atomic mass is 79.9. The molecular formula is C33H27Br2FN4O5. The molecule has 230 valence electrons. The van der Waals surface area contributed by atoms with Gasteiger partial charge in [-0.25, -0.2) is 9.82 Å². The van der Waals surface area contributed by atoms with E-state index in [2.05, 4.69) is 78.3 Å². The summed E-state index contributed by atoms with van der Waals surface area (Å²) in [4.78, 5) is 24.8. The number of aromatic nitrogens is 1. The summed E-state index contributed by atoms with van der Waals surface area (Å²) in [6.45, 7) is 4.00. The van der Waals surface area contributed by atoms with E-state index in [0.717, 1.165) is 17.1 Å². The van der Waals surface area contributed by atoms with Crippen molar-refractivity contribution >= 4 is 55.6 Å². The van der Waals surface area contributed by atoms with Gasteiger partial charge in [0, 0.05) is 22.8 Å². The number of furan rings is 1. The Hall–Kier alpha value is -4.68. The lowest BCUT2D eigenvalue weighted by atomic mass is 10.2. The van der Waals surface area contributed by atoms with Crippen molar-refractivity contribution in [3.63, 3.8) is 0 Å². The Morgan fingerprint density at radius 3 is 2.24 bits per heavy atom. The van der Waals surface area contributed by atoms with Crippen LogP contribution in [0.4, 0.5) is 10.1 Å². The number of hydrazone groups is 1. The first-order chi connectivity index (χ1) is 21.7. The fraction of sp³-hybridized carbons (Fsp3) is 0.121. The highest BCUT2D eigenvalue weighted by Crippen LogP contribution is 2.34. The molecule has 2 amide bonds. The van der Waals surface area contributed by atoms with E-state index in [-0.39, 0.29) is 19.0 Å². The van der Waals surface area contributed by atoms with Gasteiger partial charge in [0.25, 0.3) is 5.91 Å². The molecule has 0 bridgehead atoms. The van der Waals surface area contributed by atoms with E-state index in [0.29, 0.717) is 37.5 Å². The fourth-order valence-corrected chi connectivity index (χ4v) is 5.83. The van der Waals surface area contributed by atoms with Crippen LogP contribution in [0.15, 0.2) is 103 Å². The van der Waals surface area contributed by atoms with Crippen LogP contribution in [0.25, 0.3) is 5.69 Å². The molecule has 12 heteroatoms. The van der Waals surface area contributed by atoms with Crippen LogP contribution < -0.4 is 20.2 Å². The summed E-state index contributed by atoms with van der Waals surface area (Å²) in [7, 11) is 0. The molecular weight excluding hydrogens is 711 g/mol. The highest BCUT2D eigenvalue weighted by Gasteiger charge is 2.13. The maximum Gasteiger partial charge on any atom is 0.307 e. The third kappa shape index (κ3) is 8.28. The zero-order chi connectivity index (χ0) is 31.9. The van der Waals surface area contributed by atoms with Crippen LogP contribution in [0, 0.1) is 19.7 Å². The van der Waals surface area contributed by atoms with Crippen LogP contribution in [0.3, 0.4) is 0 Å². The van der Waals surface area contributed by atoms with Gasteiger partial charge >= 0.3 is 5.91 Å². The van der Waals surface area contributed by atoms with Gasteiger partial charge in [-0.3, -0.25) is 9.59 Å². The van der Waals surface area contributed by atoms with Crippen LogP contribution in [-0.2, 0) is 11.4 Å². The summed E-state index contributed by atoms with van der Waals surface area (Å²) < 4.78 is 33.4. The number of benzene rings is 3. The minimum atomic E-state index is -0.524. The first kappa shape index (κ1) is 31.7. The number of carbonyl (C=O) groups is 2. The molecule has 2 heterocycles. The van der Waals surface area contributed by atoms with E-state index in [1.165, 1.54) is 30.5 Å². The van der Waals surface area contributed by atoms with E-state index >= 15 is 0 Å². The molecule has 0 saturated carbocycles. The van der Waals surface area contributed by atoms with Crippen molar-refractivity contribution in [2.75, 3.05) is 11.9 Å². The maximum absolute atomic E-state index is 13.1. The molecule has 2 aromatic heterocycles. The minimum Gasteiger partial charge on any atom is -0.486 e. The average molecular weight is 738 g/mol. The number of nitrogens with one attached hydrogen (secondary N) is 2. The summed E-state index contributed by atoms with van der Waals surface area (Å²) >= 11 is 6.85. The predicted octanol–water partition coefficient (Wildman–Crippen LogP) is 7.71. The van der Waals surface area contributed by atoms with Gasteiger partial charge in [-0.1, -0.05) is 0 Å². The minimum absolute atomic E-state index is 0.0877. The molecule has 3 aromatic carbocycles. The molecule has 0 spiro atoms. The number of hydrogen-bond donors (Lipinski definition) is 2. The van der Waals surface area contributed by atoms with Crippen molar-refractivity contribution in [2.45, 2.75) is 20.5 Å². The molecule has 0 aliphatic rings. The van der Waals surface area contributed by atoms with Crippen molar-refractivity contribution in [3.8, 4) is 17.2 Å². The molecule has 2 N–H and O–H groups in total. The van der Waals surface area contributed by atoms with Crippen molar-refractivity contribution in [2.24, 2.45) is 5.10 Å². The van der Waals surface area contributed by atoms with Gasteiger partial charge < -0.3 is 23.8 Å². The Kier molecular flexibility index (Phi) is 10.2. The molecule has 0 aliphatic heterocycles. The summed E-state index contributed by atoms with van der Waals surface area (Å²) in [6, 6.07) is 24.0. The van der Waals surface area contributed by atoms with Gasteiger partial charge in [-0.15, -0.1) is 0 Å². The topological polar surface area (TPSA) is 107 Å². The molecule has 5 rings (SSSR count). The van der Waals surface area contributed by atoms with Gasteiger partial charge in [0.1, 0.15) is 29.7 Å². The summed E-state index contributed by atoms with van der Waals surface area (Å²) in [5, 5.41) is 6.64. The van der Waals surface area contributed by atoms with Crippen LogP contribution in [0.2, 0.25) is 0 Å². The molecule has 9 nitrogen and oxygen atoms in total. The highest BCUT2D eigenvalue weighted by molar-refractivity contribution is 9.11. The monoisotopic (exact) mass is 736 g/mol. The largest absolute Gasteiger partial charge is 0.486 e. The fourth-order valence-electron chi connectivity index (χ4n) is 4.38. The molecule has 0 atom stereocenters. The molecule has 0 fully saturated rings. The number of hydrogen-bond acceptors (Lipinski definition) is 6. The zero-order valence-electron chi connectivity index (χ0n) is 24.1. The lowest BCUT2D eigenvalue weighted by molar-refractivity contribution is -0.118. The molecule has 0 aliphatic carbocycles. The number of ether oxygens (including phenoxy) is 2. The van der Waals surface area contributed by atoms with E-state index < -0.39 is 17.6 Å². The number of amides is 2. The number of rotatable bonds is 11. The van der Waals surface area contributed by atoms with E-state index in [4.69, 9.17) is 13.9 Å². The third-order valence-corrected chi connectivity index (χ3v) is 7.69. The second-order valence-electron chi connectivity index (χ2n) is 9.86. The lowest BCUT2D eigenvalue weighted by Crippen LogP contribution is -2.20. The van der Waals surface area contributed by atoms with Gasteiger partial charge in [0.05, 0.1) is 15.2 Å². The standard InChI is InChI=1S/C33H27Br2FN4O5/c1-20-3-4-21(2)40(20)25-9-11-26(12-10-25)43-18-27-13-14-30(45-27)33(42)39-37-17-22-15-28(34)32(29(35)16-22)44-19-31(41)38-24-7-5-23(36)6-8-24/h3-17H,18-19H2,1-2H3,(H,38,41)(H,39,42)/b37-17+. The van der Waals surface area contributed by atoms with E-state index in [1.54, 1.807) is 24.3 Å². The SMILES string of the molecule is Cc1ccc(C)n1-c1ccc(OCc2ccc(C(=O)N/N=C/c3cc(Br)c(OCC(=O)Nc4ccc(F)cc4)c(Br)c3)o2)cc1. The zero-order valence-corrected chi connectivity index (χ0v) is 27.3. The Balaban J connectivity index is 1.10. The number of anilines is 1. The quantitative estimate of drug-likeness (QED) is 0.107. The van der Waals surface area contributed by atoms with E-state index in [1.807, 2.05) is 24.3 Å². The Morgan fingerprint density at radius 1 is 0.911 bits per heavy atom. The summed E-state index contributed by atoms with van der Waals surface area (Å²) in [5.41, 5.74) is 6.88. The summed E-state index contributed by atoms with van der Waals surface area (Å²) in [5.74, 6) is 0.324. The number of carbonyl (C=O) groups excluding carboxylic acids is 2. The second-order valence-corrected chi connectivity index (χ2v) is 11.6. The van der Waals surface area contributed by atoms with Crippen molar-refractivity contribution in [1.29, 1.82) is 0 Å². The van der Waals surface area contributed by atoms with Crippen molar-refractivity contribution < 1.29 is 27.9 Å². The van der Waals surface area contributed by atoms with Crippen LogP contribution in [0.5, 0.6) is 11.5 Å². The maximum atomic E-state index is 13.1. The van der Waals surface area contributed by atoms with Crippen molar-refractivity contribution in [3.05, 3.63) is 128 Å². The number of nitrogens with zero attached hydrogens (tertiary/aromatic N) is 2. The van der Waals surface area contributed by atoms with Gasteiger partial charge in [-0.2, -0.15) is 5.10 Å². The molecule has 0 radical (unpaired) electrons. The lowest BCUT2D eigenvalue weighted by Gasteiger charge is -2.11. The normalized spacial score (nSPS) is 11.0. The van der Waals surface area contributed by atoms with Crippen LogP contribution in [-0.4, -0.2) is 29.2 Å². The van der Waals surface area contributed by atoms with E-state index in [9.17, 15) is 14.0 Å². The van der Waals surface area contributed by atoms with Gasteiger partial charge in [-0.05, 0) is 136 Å². The third-order valence-electron chi connectivity index (χ3n) is 6.51. The summed E-state index contributed by atoms with van der Waals surface area (Å²) in [6.07, 6.45) is 1.45. The van der Waals surface area contributed by atoms with Crippen molar-refractivity contribution in [1.82, 2.24) is 9.99 Å². The molecule has 45 heavy (non-hydrogen) atoms. The second kappa shape index (κ2) is 14.4. The van der Waals surface area contributed by atoms with Crippen LogP contribution >= 0.6 is 31.9 Å². The Bertz CT molecular complexity index is 1810. The first-order valence-electron chi connectivity index (χ1n) is 13.6. The van der Waals surface area contributed by atoms with Crippen LogP contribution in [0.1, 0.15) is 33.3 Å². The van der Waals surface area contributed by atoms with Gasteiger partial charge in [0.15, 0.2) is 12.4 Å². The Morgan fingerprint density at radius 2 is 1.58 bits per heavy atom. The predicted molar refractivity (Wildman–Crippen MR) is 176 cm³/mol. The van der Waals surface area contributed by atoms with Gasteiger partial charge in [0.2, 0.25) is 0 Å². The molecule has 5 aromatic rings. The molecule has 0 saturated heterocycles. The smallest absolute Gasteiger partial charge is 0.307 e. The first-order valence-corrected chi connectivity index (χ1v) is 15.2.